The van der Waals surface area contributed by atoms with Gasteiger partial charge in [0.25, 0.3) is 0 Å². The van der Waals surface area contributed by atoms with Crippen molar-refractivity contribution in [2.75, 3.05) is 24.5 Å². The molecule has 1 unspecified atom stereocenters. The van der Waals surface area contributed by atoms with Crippen molar-refractivity contribution in [2.45, 2.75) is 25.8 Å². The molecule has 24 heavy (non-hydrogen) atoms. The van der Waals surface area contributed by atoms with Crippen LogP contribution in [0.4, 0.5) is 5.82 Å². The Labute approximate surface area is 141 Å². The molecule has 6 heteroatoms. The van der Waals surface area contributed by atoms with E-state index in [1.54, 1.807) is 6.20 Å². The van der Waals surface area contributed by atoms with Gasteiger partial charge in [-0.1, -0.05) is 19.4 Å². The second-order valence-corrected chi connectivity index (χ2v) is 6.24. The number of aromatic amines is 1. The number of nitrogens with one attached hydrogen (secondary N) is 2. The van der Waals surface area contributed by atoms with Crippen LogP contribution in [-0.2, 0) is 0 Å². The third kappa shape index (κ3) is 2.85. The summed E-state index contributed by atoms with van der Waals surface area (Å²) in [6.07, 6.45) is 4.17. The smallest absolute Gasteiger partial charge is 0.155 e. The largest absolute Gasteiger partial charge is 0.354 e. The monoisotopic (exact) mass is 322 g/mol. The molecule has 1 aliphatic rings. The summed E-state index contributed by atoms with van der Waals surface area (Å²) in [6.45, 7) is 5.23. The van der Waals surface area contributed by atoms with Gasteiger partial charge in [0.15, 0.2) is 5.65 Å². The van der Waals surface area contributed by atoms with Gasteiger partial charge in [0, 0.05) is 37.3 Å². The van der Waals surface area contributed by atoms with E-state index in [1.807, 2.05) is 18.2 Å². The highest BCUT2D eigenvalue weighted by Gasteiger charge is 2.20. The van der Waals surface area contributed by atoms with Gasteiger partial charge in [-0.2, -0.15) is 5.10 Å². The minimum Gasteiger partial charge on any atom is -0.354 e. The van der Waals surface area contributed by atoms with Gasteiger partial charge in [-0.25, -0.2) is 9.97 Å². The molecule has 2 N–H and O–H groups in total. The van der Waals surface area contributed by atoms with Gasteiger partial charge in [0.2, 0.25) is 0 Å². The quantitative estimate of drug-likeness (QED) is 0.773. The minimum atomic E-state index is 0.546. The van der Waals surface area contributed by atoms with Crippen molar-refractivity contribution in [3.63, 3.8) is 0 Å². The molecule has 6 nitrogen and oxygen atoms in total. The number of hydrogen-bond donors (Lipinski definition) is 2. The van der Waals surface area contributed by atoms with Crippen LogP contribution in [0, 0.1) is 0 Å². The van der Waals surface area contributed by atoms with E-state index < -0.39 is 0 Å². The first-order valence-corrected chi connectivity index (χ1v) is 8.60. The Morgan fingerprint density at radius 3 is 3.12 bits per heavy atom. The van der Waals surface area contributed by atoms with Crippen molar-refractivity contribution >= 4 is 16.9 Å². The summed E-state index contributed by atoms with van der Waals surface area (Å²) in [5.74, 6) is 1.02. The van der Waals surface area contributed by atoms with E-state index in [-0.39, 0.29) is 0 Å². The molecule has 3 aromatic rings. The van der Waals surface area contributed by atoms with Crippen LogP contribution in [0.5, 0.6) is 0 Å². The van der Waals surface area contributed by atoms with Crippen LogP contribution in [0.15, 0.2) is 36.5 Å². The number of anilines is 1. The topological polar surface area (TPSA) is 69.7 Å². The van der Waals surface area contributed by atoms with Gasteiger partial charge in [-0.3, -0.25) is 5.10 Å². The highest BCUT2D eigenvalue weighted by atomic mass is 15.2. The Bertz CT molecular complexity index is 825. The molecule has 0 saturated carbocycles. The lowest BCUT2D eigenvalue weighted by Crippen LogP contribution is -2.50. The Morgan fingerprint density at radius 1 is 1.25 bits per heavy atom. The molecule has 124 valence electrons. The van der Waals surface area contributed by atoms with Crippen LogP contribution in [0.1, 0.15) is 19.8 Å². The van der Waals surface area contributed by atoms with Gasteiger partial charge in [-0.15, -0.1) is 0 Å². The molecule has 0 aliphatic carbocycles. The SMILES string of the molecule is CCCC1CN(c2cccc(-c3n[nH]c4ncccc34)n2)CCN1. The van der Waals surface area contributed by atoms with Gasteiger partial charge >= 0.3 is 0 Å². The fourth-order valence-corrected chi connectivity index (χ4v) is 3.36. The Kier molecular flexibility index (Phi) is 4.13. The maximum atomic E-state index is 4.87. The van der Waals surface area contributed by atoms with Crippen LogP contribution in [-0.4, -0.2) is 45.8 Å². The fraction of sp³-hybridized carbons (Fsp3) is 0.389. The number of fused-ring (bicyclic) bond motifs is 1. The maximum absolute atomic E-state index is 4.87. The lowest BCUT2D eigenvalue weighted by molar-refractivity contribution is 0.429. The number of pyridine rings is 2. The van der Waals surface area contributed by atoms with E-state index in [2.05, 4.69) is 44.5 Å². The first kappa shape index (κ1) is 15.1. The zero-order chi connectivity index (χ0) is 16.4. The molecule has 1 aliphatic heterocycles. The molecule has 1 atom stereocenters. The number of piperazine rings is 1. The normalized spacial score (nSPS) is 18.2. The van der Waals surface area contributed by atoms with E-state index >= 15 is 0 Å². The van der Waals surface area contributed by atoms with Crippen LogP contribution >= 0.6 is 0 Å². The molecule has 0 radical (unpaired) electrons. The Hall–Kier alpha value is -2.47. The number of nitrogens with zero attached hydrogens (tertiary/aromatic N) is 4. The molecule has 0 amide bonds. The van der Waals surface area contributed by atoms with E-state index in [9.17, 15) is 0 Å². The predicted octanol–water partition coefficient (Wildman–Crippen LogP) is 2.60. The molecule has 1 saturated heterocycles. The molecule has 1 fully saturated rings. The third-order valence-electron chi connectivity index (χ3n) is 4.53. The lowest BCUT2D eigenvalue weighted by Gasteiger charge is -2.34. The lowest BCUT2D eigenvalue weighted by atomic mass is 10.1. The van der Waals surface area contributed by atoms with Gasteiger partial charge in [0.1, 0.15) is 11.5 Å². The first-order chi connectivity index (χ1) is 11.8. The van der Waals surface area contributed by atoms with Crippen molar-refractivity contribution in [2.24, 2.45) is 0 Å². The summed E-state index contributed by atoms with van der Waals surface area (Å²) in [5, 5.41) is 12.0. The summed E-state index contributed by atoms with van der Waals surface area (Å²) in [4.78, 5) is 11.5. The van der Waals surface area contributed by atoms with Gasteiger partial charge in [0.05, 0.1) is 5.69 Å². The van der Waals surface area contributed by atoms with E-state index in [0.717, 1.165) is 47.9 Å². The average molecular weight is 322 g/mol. The maximum Gasteiger partial charge on any atom is 0.155 e. The van der Waals surface area contributed by atoms with Crippen molar-refractivity contribution in [1.29, 1.82) is 0 Å². The second-order valence-electron chi connectivity index (χ2n) is 6.24. The number of rotatable bonds is 4. The first-order valence-electron chi connectivity index (χ1n) is 8.60. The molecule has 4 rings (SSSR count). The third-order valence-corrected chi connectivity index (χ3v) is 4.53. The van der Waals surface area contributed by atoms with Crippen LogP contribution < -0.4 is 10.2 Å². The molecule has 4 heterocycles. The summed E-state index contributed by atoms with van der Waals surface area (Å²) in [6, 6.07) is 10.7. The van der Waals surface area contributed by atoms with Gasteiger partial charge in [-0.05, 0) is 30.7 Å². The van der Waals surface area contributed by atoms with Crippen LogP contribution in [0.3, 0.4) is 0 Å². The second kappa shape index (κ2) is 6.57. The van der Waals surface area contributed by atoms with Crippen molar-refractivity contribution < 1.29 is 0 Å². The Balaban J connectivity index is 1.64. The molecule has 0 spiro atoms. The zero-order valence-electron chi connectivity index (χ0n) is 13.9. The fourth-order valence-electron chi connectivity index (χ4n) is 3.36. The summed E-state index contributed by atoms with van der Waals surface area (Å²) >= 11 is 0. The van der Waals surface area contributed by atoms with Crippen molar-refractivity contribution in [1.82, 2.24) is 25.5 Å². The minimum absolute atomic E-state index is 0.546. The molecule has 0 bridgehead atoms. The predicted molar refractivity (Wildman–Crippen MR) is 96.0 cm³/mol. The highest BCUT2D eigenvalue weighted by molar-refractivity contribution is 5.89. The average Bonchev–Trinajstić information content (AvgIpc) is 3.07. The Morgan fingerprint density at radius 2 is 2.21 bits per heavy atom. The number of H-pyrrole nitrogens is 1. The highest BCUT2D eigenvalue weighted by Crippen LogP contribution is 2.25. The van der Waals surface area contributed by atoms with Crippen LogP contribution in [0.2, 0.25) is 0 Å². The van der Waals surface area contributed by atoms with Crippen molar-refractivity contribution in [3.8, 4) is 11.4 Å². The number of aromatic nitrogens is 4. The molecule has 3 aromatic heterocycles. The van der Waals surface area contributed by atoms with E-state index in [4.69, 9.17) is 4.98 Å². The van der Waals surface area contributed by atoms with Gasteiger partial charge < -0.3 is 10.2 Å². The van der Waals surface area contributed by atoms with E-state index in [1.165, 1.54) is 12.8 Å². The molecular weight excluding hydrogens is 300 g/mol. The van der Waals surface area contributed by atoms with Crippen LogP contribution in [0.25, 0.3) is 22.4 Å². The zero-order valence-corrected chi connectivity index (χ0v) is 13.9. The standard InChI is InChI=1S/C18H22N6/c1-2-5-13-12-24(11-10-19-13)16-8-3-7-15(21-16)17-14-6-4-9-20-18(14)23-22-17/h3-4,6-9,13,19H,2,5,10-12H2,1H3,(H,20,22,23). The van der Waals surface area contributed by atoms with E-state index in [0.29, 0.717) is 6.04 Å². The summed E-state index contributed by atoms with van der Waals surface area (Å²) < 4.78 is 0. The number of hydrogen-bond acceptors (Lipinski definition) is 5. The molecular formula is C18H22N6. The summed E-state index contributed by atoms with van der Waals surface area (Å²) in [5.41, 5.74) is 2.54. The molecule has 0 aromatic carbocycles. The van der Waals surface area contributed by atoms with Crippen molar-refractivity contribution in [3.05, 3.63) is 36.5 Å². The summed E-state index contributed by atoms with van der Waals surface area (Å²) in [7, 11) is 0.